The van der Waals surface area contributed by atoms with Crippen LogP contribution in [-0.2, 0) is 24.0 Å². The highest BCUT2D eigenvalue weighted by Crippen LogP contribution is 2.61. The van der Waals surface area contributed by atoms with Crippen LogP contribution in [0, 0.1) is 29.6 Å². The van der Waals surface area contributed by atoms with Crippen molar-refractivity contribution in [1.29, 1.82) is 0 Å². The molecule has 6 aliphatic rings. The average molecular weight is 350 g/mol. The Kier molecular flexibility index (Phi) is 3.67. The molecule has 2 aliphatic carbocycles. The van der Waals surface area contributed by atoms with Crippen LogP contribution >= 0.6 is 0 Å². The molecule has 6 rings (SSSR count). The van der Waals surface area contributed by atoms with Gasteiger partial charge in [0.1, 0.15) is 5.78 Å². The van der Waals surface area contributed by atoms with Gasteiger partial charge in [-0.25, -0.2) is 9.78 Å². The summed E-state index contributed by atoms with van der Waals surface area (Å²) in [5.74, 6) is 1.25. The van der Waals surface area contributed by atoms with E-state index < -0.39 is 17.7 Å². The molecular weight excluding hydrogens is 320 g/mol. The van der Waals surface area contributed by atoms with E-state index in [1.807, 2.05) is 6.92 Å². The van der Waals surface area contributed by atoms with E-state index in [4.69, 9.17) is 19.2 Å². The maximum absolute atomic E-state index is 12.4. The molecule has 140 valence electrons. The lowest BCUT2D eigenvalue weighted by Crippen LogP contribution is -2.71. The number of ketones is 1. The number of Topliss-reactive ketones (excluding diaryl/α,β-unsaturated/α-hetero) is 1. The van der Waals surface area contributed by atoms with Crippen molar-refractivity contribution < 1.29 is 24.0 Å². The highest BCUT2D eigenvalue weighted by molar-refractivity contribution is 5.83. The normalized spacial score (nSPS) is 58.0. The maximum atomic E-state index is 12.4. The van der Waals surface area contributed by atoms with E-state index in [0.717, 1.165) is 32.1 Å². The first-order chi connectivity index (χ1) is 11.9. The summed E-state index contributed by atoms with van der Waals surface area (Å²) in [6, 6.07) is 0. The van der Waals surface area contributed by atoms with Gasteiger partial charge in [-0.05, 0) is 56.8 Å². The van der Waals surface area contributed by atoms with Gasteiger partial charge < -0.3 is 9.47 Å². The topological polar surface area (TPSA) is 54.0 Å². The smallest absolute Gasteiger partial charge is 0.201 e. The minimum Gasteiger partial charge on any atom is -0.345 e. The highest BCUT2D eigenvalue weighted by atomic mass is 17.3. The fourth-order valence-corrected chi connectivity index (χ4v) is 6.58. The number of carbonyl (C=O) groups excluding carboxylic acids is 1. The Balaban J connectivity index is 1.55. The molecular formula is C20H30O5. The molecule has 6 fully saturated rings. The maximum Gasteiger partial charge on any atom is 0.201 e. The Morgan fingerprint density at radius 1 is 1.04 bits per heavy atom. The van der Waals surface area contributed by atoms with Crippen LogP contribution in [0.5, 0.6) is 0 Å². The first-order valence-corrected chi connectivity index (χ1v) is 10.2. The molecule has 5 heteroatoms. The molecule has 2 bridgehead atoms. The van der Waals surface area contributed by atoms with Gasteiger partial charge in [-0.15, -0.1) is 0 Å². The third-order valence-corrected chi connectivity index (χ3v) is 7.96. The first kappa shape index (κ1) is 16.7. The number of hydrogen-bond donors (Lipinski definition) is 0. The van der Waals surface area contributed by atoms with Crippen LogP contribution in [0.3, 0.4) is 0 Å². The summed E-state index contributed by atoms with van der Waals surface area (Å²) < 4.78 is 12.9. The number of rotatable bonds is 1. The van der Waals surface area contributed by atoms with Gasteiger partial charge >= 0.3 is 0 Å². The number of ether oxygens (including phenoxy) is 2. The van der Waals surface area contributed by atoms with Crippen molar-refractivity contribution in [3.05, 3.63) is 0 Å². The summed E-state index contributed by atoms with van der Waals surface area (Å²) in [6.07, 6.45) is 6.38. The second-order valence-electron chi connectivity index (χ2n) is 9.33. The van der Waals surface area contributed by atoms with Crippen molar-refractivity contribution in [3.63, 3.8) is 0 Å². The Morgan fingerprint density at radius 3 is 2.64 bits per heavy atom. The first-order valence-electron chi connectivity index (χ1n) is 10.2. The SMILES string of the molecule is C[C@H]1[C@@H](C2CCCC2=O)O[C@@H]2O[C@@]3(C)CC[C@H]4[C@H](C)CC[C@@H]1[C@@]24OO3. The predicted molar refractivity (Wildman–Crippen MR) is 89.2 cm³/mol. The van der Waals surface area contributed by atoms with Crippen LogP contribution in [0.25, 0.3) is 0 Å². The Bertz CT molecular complexity index is 578. The van der Waals surface area contributed by atoms with E-state index in [1.165, 1.54) is 6.42 Å². The zero-order chi connectivity index (χ0) is 17.4. The second kappa shape index (κ2) is 5.51. The van der Waals surface area contributed by atoms with Crippen molar-refractivity contribution in [2.45, 2.75) is 89.5 Å². The molecule has 25 heavy (non-hydrogen) atoms. The fraction of sp³-hybridized carbons (Fsp3) is 0.950. The minimum atomic E-state index is -0.734. The van der Waals surface area contributed by atoms with E-state index in [2.05, 4.69) is 13.8 Å². The molecule has 1 unspecified atom stereocenters. The fourth-order valence-electron chi connectivity index (χ4n) is 6.58. The summed E-state index contributed by atoms with van der Waals surface area (Å²) in [5.41, 5.74) is -0.509. The van der Waals surface area contributed by atoms with Gasteiger partial charge in [-0.3, -0.25) is 4.79 Å². The van der Waals surface area contributed by atoms with E-state index in [0.29, 0.717) is 30.0 Å². The number of hydrogen-bond acceptors (Lipinski definition) is 5. The molecule has 2 saturated carbocycles. The van der Waals surface area contributed by atoms with Crippen molar-refractivity contribution in [3.8, 4) is 0 Å². The van der Waals surface area contributed by atoms with Crippen LogP contribution in [0.4, 0.5) is 0 Å². The summed E-state index contributed by atoms with van der Waals surface area (Å²) in [5, 5.41) is 0. The standard InChI is InChI=1S/C20H30O5/c1-11-7-8-15-12(2)17(13-5-4-6-16(13)21)22-18-20(15)14(11)9-10-19(3,23-18)24-25-20/h11-15,17-18H,4-10H2,1-3H3/t11-,12-,13?,14+,15+,17+,18-,19-,20-/m1/s1. The lowest BCUT2D eigenvalue weighted by molar-refractivity contribution is -0.571. The van der Waals surface area contributed by atoms with E-state index in [9.17, 15) is 4.79 Å². The summed E-state index contributed by atoms with van der Waals surface area (Å²) in [7, 11) is 0. The third kappa shape index (κ3) is 2.19. The lowest BCUT2D eigenvalue weighted by Gasteiger charge is -2.61. The zero-order valence-electron chi connectivity index (χ0n) is 15.5. The average Bonchev–Trinajstić information content (AvgIpc) is 2.87. The highest BCUT2D eigenvalue weighted by Gasteiger charge is 2.69. The Morgan fingerprint density at radius 2 is 1.88 bits per heavy atom. The molecule has 0 N–H and O–H groups in total. The minimum absolute atomic E-state index is 0.0317. The van der Waals surface area contributed by atoms with Crippen molar-refractivity contribution in [2.75, 3.05) is 0 Å². The number of fused-ring (bicyclic) bond motifs is 2. The van der Waals surface area contributed by atoms with Crippen molar-refractivity contribution in [1.82, 2.24) is 0 Å². The molecule has 4 heterocycles. The molecule has 0 aromatic rings. The molecule has 9 atom stereocenters. The molecule has 0 radical (unpaired) electrons. The van der Waals surface area contributed by atoms with Gasteiger partial charge in [0.05, 0.1) is 6.10 Å². The molecule has 0 aromatic heterocycles. The van der Waals surface area contributed by atoms with Crippen molar-refractivity contribution >= 4 is 5.78 Å². The van der Waals surface area contributed by atoms with Crippen LogP contribution < -0.4 is 0 Å². The predicted octanol–water partition coefficient (Wildman–Crippen LogP) is 3.61. The van der Waals surface area contributed by atoms with Gasteiger partial charge in [0, 0.05) is 24.7 Å². The van der Waals surface area contributed by atoms with Crippen molar-refractivity contribution in [2.24, 2.45) is 29.6 Å². The quantitative estimate of drug-likeness (QED) is 0.676. The summed E-state index contributed by atoms with van der Waals surface area (Å²) in [6.45, 7) is 6.53. The van der Waals surface area contributed by atoms with Crippen LogP contribution in [0.2, 0.25) is 0 Å². The third-order valence-electron chi connectivity index (χ3n) is 7.96. The summed E-state index contributed by atoms with van der Waals surface area (Å²) in [4.78, 5) is 24.4. The van der Waals surface area contributed by atoms with Gasteiger partial charge in [-0.1, -0.05) is 13.8 Å². The van der Waals surface area contributed by atoms with Gasteiger partial charge in [0.15, 0.2) is 11.9 Å². The van der Waals surface area contributed by atoms with Gasteiger partial charge in [0.25, 0.3) is 0 Å². The van der Waals surface area contributed by atoms with E-state index in [1.54, 1.807) is 0 Å². The Hall–Kier alpha value is -0.490. The van der Waals surface area contributed by atoms with E-state index >= 15 is 0 Å². The Labute approximate surface area is 149 Å². The van der Waals surface area contributed by atoms with Crippen LogP contribution in [0.15, 0.2) is 0 Å². The largest absolute Gasteiger partial charge is 0.345 e. The molecule has 0 aromatic carbocycles. The summed E-state index contributed by atoms with van der Waals surface area (Å²) >= 11 is 0. The van der Waals surface area contributed by atoms with E-state index in [-0.39, 0.29) is 17.9 Å². The monoisotopic (exact) mass is 350 g/mol. The zero-order valence-corrected chi connectivity index (χ0v) is 15.5. The molecule has 1 spiro atoms. The van der Waals surface area contributed by atoms with Gasteiger partial charge in [-0.2, -0.15) is 0 Å². The molecule has 5 nitrogen and oxygen atoms in total. The molecule has 0 amide bonds. The second-order valence-corrected chi connectivity index (χ2v) is 9.33. The van der Waals surface area contributed by atoms with Crippen LogP contribution in [0.1, 0.15) is 65.7 Å². The molecule has 4 saturated heterocycles. The van der Waals surface area contributed by atoms with Crippen LogP contribution in [-0.4, -0.2) is 29.6 Å². The van der Waals surface area contributed by atoms with Gasteiger partial charge in [0.2, 0.25) is 5.79 Å². The lowest BCUT2D eigenvalue weighted by atomic mass is 9.56. The molecule has 4 aliphatic heterocycles. The number of carbonyl (C=O) groups is 1.